The van der Waals surface area contributed by atoms with E-state index in [0.29, 0.717) is 17.7 Å². The van der Waals surface area contributed by atoms with Crippen LogP contribution in [0.5, 0.6) is 0 Å². The predicted molar refractivity (Wildman–Crippen MR) is 119 cm³/mol. The number of aromatic nitrogens is 2. The van der Waals surface area contributed by atoms with E-state index in [0.717, 1.165) is 43.7 Å². The molecular weight excluding hydrogens is 410 g/mol. The van der Waals surface area contributed by atoms with Crippen LogP contribution >= 0.6 is 0 Å². The second-order valence-electron chi connectivity index (χ2n) is 8.89. The summed E-state index contributed by atoms with van der Waals surface area (Å²) in [5, 5.41) is 8.46. The summed E-state index contributed by atoms with van der Waals surface area (Å²) in [6.45, 7) is 9.66. The third-order valence-corrected chi connectivity index (χ3v) is 6.06. The van der Waals surface area contributed by atoms with Crippen LogP contribution in [0.4, 0.5) is 8.78 Å². The van der Waals surface area contributed by atoms with Crippen molar-refractivity contribution in [2.24, 2.45) is 5.92 Å². The van der Waals surface area contributed by atoms with Crippen LogP contribution in [-0.2, 0) is 6.42 Å². The van der Waals surface area contributed by atoms with Gasteiger partial charge in [0.15, 0.2) is 0 Å². The molecule has 170 valence electrons. The summed E-state index contributed by atoms with van der Waals surface area (Å²) in [7, 11) is 0. The Bertz CT molecular complexity index is 950. The van der Waals surface area contributed by atoms with Crippen molar-refractivity contribution in [2.75, 3.05) is 26.2 Å². The van der Waals surface area contributed by atoms with E-state index in [1.54, 1.807) is 0 Å². The van der Waals surface area contributed by atoms with Crippen LogP contribution in [0.3, 0.4) is 0 Å². The van der Waals surface area contributed by atoms with Gasteiger partial charge >= 0.3 is 0 Å². The minimum atomic E-state index is -0.262. The molecule has 4 rings (SSSR count). The monoisotopic (exact) mass is 440 g/mol. The molecule has 1 saturated heterocycles. The maximum absolute atomic E-state index is 13.5. The van der Waals surface area contributed by atoms with E-state index >= 15 is 0 Å². The van der Waals surface area contributed by atoms with Gasteiger partial charge in [0.1, 0.15) is 11.6 Å². The Labute approximate surface area is 188 Å². The van der Waals surface area contributed by atoms with E-state index in [2.05, 4.69) is 40.8 Å². The van der Waals surface area contributed by atoms with Crippen molar-refractivity contribution >= 4 is 0 Å². The normalized spacial score (nSPS) is 16.7. The number of halogens is 2. The fourth-order valence-corrected chi connectivity index (χ4v) is 4.31. The molecule has 0 radical (unpaired) electrons. The summed E-state index contributed by atoms with van der Waals surface area (Å²) in [6.07, 6.45) is 0.782. The van der Waals surface area contributed by atoms with Gasteiger partial charge in [-0.25, -0.2) is 8.78 Å². The summed E-state index contributed by atoms with van der Waals surface area (Å²) in [5.41, 5.74) is 1.99. The van der Waals surface area contributed by atoms with Gasteiger partial charge in [0.2, 0.25) is 11.8 Å². The van der Waals surface area contributed by atoms with Gasteiger partial charge in [-0.05, 0) is 48.2 Å². The summed E-state index contributed by atoms with van der Waals surface area (Å²) in [4.78, 5) is 4.71. The Hall–Kier alpha value is -2.64. The van der Waals surface area contributed by atoms with E-state index < -0.39 is 0 Å². The highest BCUT2D eigenvalue weighted by Gasteiger charge is 2.30. The number of nitrogens with zero attached hydrogens (tertiary/aromatic N) is 4. The molecule has 0 amide bonds. The van der Waals surface area contributed by atoms with Crippen molar-refractivity contribution in [2.45, 2.75) is 39.3 Å². The van der Waals surface area contributed by atoms with Crippen molar-refractivity contribution in [3.63, 3.8) is 0 Å². The van der Waals surface area contributed by atoms with E-state index in [4.69, 9.17) is 4.42 Å². The molecule has 1 aliphatic rings. The second kappa shape index (κ2) is 9.88. The Morgan fingerprint density at radius 1 is 0.781 bits per heavy atom. The van der Waals surface area contributed by atoms with E-state index in [9.17, 15) is 8.78 Å². The Balaban J connectivity index is 1.48. The lowest BCUT2D eigenvalue weighted by atomic mass is 9.96. The van der Waals surface area contributed by atoms with Crippen LogP contribution < -0.4 is 0 Å². The molecule has 2 heterocycles. The minimum Gasteiger partial charge on any atom is -0.424 e. The molecule has 7 heteroatoms. The van der Waals surface area contributed by atoms with Gasteiger partial charge in [0, 0.05) is 32.6 Å². The number of rotatable bonds is 7. The summed E-state index contributed by atoms with van der Waals surface area (Å²) >= 11 is 0. The van der Waals surface area contributed by atoms with Gasteiger partial charge < -0.3 is 4.42 Å². The first-order valence-corrected chi connectivity index (χ1v) is 11.2. The van der Waals surface area contributed by atoms with Crippen LogP contribution in [0.25, 0.3) is 0 Å². The highest BCUT2D eigenvalue weighted by atomic mass is 19.1. The van der Waals surface area contributed by atoms with Crippen molar-refractivity contribution < 1.29 is 13.2 Å². The molecule has 1 aliphatic heterocycles. The van der Waals surface area contributed by atoms with Crippen molar-refractivity contribution in [1.29, 1.82) is 0 Å². The average Bonchev–Trinajstić information content (AvgIpc) is 3.24. The molecule has 2 aromatic carbocycles. The average molecular weight is 441 g/mol. The van der Waals surface area contributed by atoms with Crippen LogP contribution in [0.1, 0.15) is 55.8 Å². The van der Waals surface area contributed by atoms with Crippen LogP contribution in [-0.4, -0.2) is 46.2 Å². The molecule has 0 saturated carbocycles. The Kier molecular flexibility index (Phi) is 6.96. The zero-order chi connectivity index (χ0) is 22.7. The van der Waals surface area contributed by atoms with Crippen molar-refractivity contribution in [1.82, 2.24) is 20.0 Å². The Morgan fingerprint density at radius 2 is 1.28 bits per heavy atom. The van der Waals surface area contributed by atoms with Gasteiger partial charge in [-0.1, -0.05) is 38.1 Å². The molecule has 3 aromatic rings. The zero-order valence-electron chi connectivity index (χ0n) is 18.8. The maximum atomic E-state index is 13.5. The standard InChI is InChI=1S/C25H30F2N4O/c1-17(2)16-23-28-29-25(32-23)18(3)30-12-14-31(15-13-30)24(19-4-8-21(26)9-5-19)20-6-10-22(27)11-7-20/h4-11,17-18,24H,12-16H2,1-3H3. The molecule has 5 nitrogen and oxygen atoms in total. The number of hydrogen-bond acceptors (Lipinski definition) is 5. The van der Waals surface area contributed by atoms with Crippen molar-refractivity contribution in [3.05, 3.63) is 83.1 Å². The fraction of sp³-hybridized carbons (Fsp3) is 0.440. The first-order valence-electron chi connectivity index (χ1n) is 11.2. The highest BCUT2D eigenvalue weighted by molar-refractivity contribution is 5.32. The van der Waals surface area contributed by atoms with E-state index in [-0.39, 0.29) is 23.7 Å². The zero-order valence-corrected chi connectivity index (χ0v) is 18.8. The minimum absolute atomic E-state index is 0.0423. The SMILES string of the molecule is CC(C)Cc1nnc(C(C)N2CCN(C(c3ccc(F)cc3)c3ccc(F)cc3)CC2)o1. The summed E-state index contributed by atoms with van der Waals surface area (Å²) in [5.74, 6) is 1.29. The summed E-state index contributed by atoms with van der Waals surface area (Å²) in [6, 6.07) is 13.2. The molecule has 0 N–H and O–H groups in total. The van der Waals surface area contributed by atoms with Crippen LogP contribution in [0.15, 0.2) is 52.9 Å². The first kappa shape index (κ1) is 22.6. The molecule has 1 unspecified atom stereocenters. The van der Waals surface area contributed by atoms with E-state index in [1.165, 1.54) is 24.3 Å². The molecule has 0 aliphatic carbocycles. The smallest absolute Gasteiger partial charge is 0.233 e. The lowest BCUT2D eigenvalue weighted by molar-refractivity contribution is 0.0744. The Morgan fingerprint density at radius 3 is 1.78 bits per heavy atom. The van der Waals surface area contributed by atoms with Crippen LogP contribution in [0, 0.1) is 17.6 Å². The molecule has 1 atom stereocenters. The largest absolute Gasteiger partial charge is 0.424 e. The molecule has 32 heavy (non-hydrogen) atoms. The summed E-state index contributed by atoms with van der Waals surface area (Å²) < 4.78 is 33.0. The fourth-order valence-electron chi connectivity index (χ4n) is 4.31. The van der Waals surface area contributed by atoms with Gasteiger partial charge in [-0.3, -0.25) is 9.80 Å². The topological polar surface area (TPSA) is 45.4 Å². The molecule has 0 spiro atoms. The number of benzene rings is 2. The van der Waals surface area contributed by atoms with Crippen molar-refractivity contribution in [3.8, 4) is 0 Å². The van der Waals surface area contributed by atoms with Gasteiger partial charge in [0.25, 0.3) is 0 Å². The first-order chi connectivity index (χ1) is 15.4. The molecular formula is C25H30F2N4O. The second-order valence-corrected chi connectivity index (χ2v) is 8.89. The molecule has 0 bridgehead atoms. The van der Waals surface area contributed by atoms with Crippen LogP contribution in [0.2, 0.25) is 0 Å². The lowest BCUT2D eigenvalue weighted by Gasteiger charge is -2.41. The van der Waals surface area contributed by atoms with Gasteiger partial charge in [-0.2, -0.15) is 0 Å². The van der Waals surface area contributed by atoms with Gasteiger partial charge in [-0.15, -0.1) is 10.2 Å². The number of hydrogen-bond donors (Lipinski definition) is 0. The lowest BCUT2D eigenvalue weighted by Crippen LogP contribution is -2.48. The third kappa shape index (κ3) is 5.22. The quantitative estimate of drug-likeness (QED) is 0.517. The maximum Gasteiger partial charge on any atom is 0.233 e. The predicted octanol–water partition coefficient (Wildman–Crippen LogP) is 5.01. The number of piperazine rings is 1. The molecule has 1 fully saturated rings. The van der Waals surface area contributed by atoms with Gasteiger partial charge in [0.05, 0.1) is 12.1 Å². The molecule has 1 aromatic heterocycles. The third-order valence-electron chi connectivity index (χ3n) is 6.06. The van der Waals surface area contributed by atoms with E-state index in [1.807, 2.05) is 24.3 Å². The highest BCUT2D eigenvalue weighted by Crippen LogP contribution is 2.31.